The van der Waals surface area contributed by atoms with Gasteiger partial charge < -0.3 is 10.2 Å². The molecule has 0 aliphatic carbocycles. The average molecular weight is 238 g/mol. The fourth-order valence-corrected chi connectivity index (χ4v) is 2.27. The third kappa shape index (κ3) is 1.56. The van der Waals surface area contributed by atoms with E-state index in [-0.39, 0.29) is 0 Å². The quantitative estimate of drug-likeness (QED) is 0.703. The number of fused-ring (bicyclic) bond motifs is 1. The van der Waals surface area contributed by atoms with Gasteiger partial charge in [-0.05, 0) is 36.6 Å². The van der Waals surface area contributed by atoms with Crippen LogP contribution in [0.5, 0.6) is 0 Å². The molecule has 0 amide bonds. The maximum Gasteiger partial charge on any atom is 0.228 e. The lowest BCUT2D eigenvalue weighted by atomic mass is 9.98. The van der Waals surface area contributed by atoms with Crippen molar-refractivity contribution in [1.29, 1.82) is 0 Å². The van der Waals surface area contributed by atoms with E-state index in [9.17, 15) is 0 Å². The van der Waals surface area contributed by atoms with E-state index < -0.39 is 0 Å². The minimum absolute atomic E-state index is 0.603. The molecule has 2 N–H and O–H groups in total. The summed E-state index contributed by atoms with van der Waals surface area (Å²) >= 11 is 0. The van der Waals surface area contributed by atoms with Gasteiger partial charge >= 0.3 is 0 Å². The standard InChI is InChI=1S/C15H14N2O/c1-9-5-3-4-6-11(9)12-7-10(2)17-15-14(12)13(16)8-18-15/h3-8H,16H2,1-2H3. The molecule has 18 heavy (non-hydrogen) atoms. The molecule has 3 heteroatoms. The van der Waals surface area contributed by atoms with Crippen LogP contribution in [-0.4, -0.2) is 4.98 Å². The number of anilines is 1. The Morgan fingerprint density at radius 2 is 1.89 bits per heavy atom. The summed E-state index contributed by atoms with van der Waals surface area (Å²) in [6, 6.07) is 10.3. The number of furan rings is 1. The van der Waals surface area contributed by atoms with Gasteiger partial charge in [0.25, 0.3) is 0 Å². The lowest BCUT2D eigenvalue weighted by Crippen LogP contribution is -1.90. The second-order valence-corrected chi connectivity index (χ2v) is 4.50. The molecular weight excluding hydrogens is 224 g/mol. The van der Waals surface area contributed by atoms with Crippen LogP contribution in [0.1, 0.15) is 11.3 Å². The molecule has 90 valence electrons. The van der Waals surface area contributed by atoms with Crippen LogP contribution in [0.4, 0.5) is 5.69 Å². The van der Waals surface area contributed by atoms with Crippen molar-refractivity contribution in [2.45, 2.75) is 13.8 Å². The summed E-state index contributed by atoms with van der Waals surface area (Å²) in [5.41, 5.74) is 11.6. The molecule has 0 bridgehead atoms. The molecule has 3 rings (SSSR count). The van der Waals surface area contributed by atoms with Crippen molar-refractivity contribution in [2.75, 3.05) is 5.73 Å². The molecule has 0 radical (unpaired) electrons. The second-order valence-electron chi connectivity index (χ2n) is 4.50. The van der Waals surface area contributed by atoms with E-state index in [0.717, 1.165) is 16.6 Å². The Morgan fingerprint density at radius 1 is 1.11 bits per heavy atom. The second kappa shape index (κ2) is 3.88. The highest BCUT2D eigenvalue weighted by atomic mass is 16.3. The van der Waals surface area contributed by atoms with Gasteiger partial charge in [0.1, 0.15) is 6.26 Å². The van der Waals surface area contributed by atoms with Crippen LogP contribution in [0.15, 0.2) is 41.0 Å². The van der Waals surface area contributed by atoms with E-state index in [2.05, 4.69) is 30.1 Å². The molecule has 2 heterocycles. The third-order valence-electron chi connectivity index (χ3n) is 3.14. The summed E-state index contributed by atoms with van der Waals surface area (Å²) in [5, 5.41) is 0.898. The number of nitrogens with zero attached hydrogens (tertiary/aromatic N) is 1. The van der Waals surface area contributed by atoms with Gasteiger partial charge in [-0.3, -0.25) is 0 Å². The number of benzene rings is 1. The van der Waals surface area contributed by atoms with E-state index in [1.165, 1.54) is 11.1 Å². The molecule has 0 unspecified atom stereocenters. The van der Waals surface area contributed by atoms with Gasteiger partial charge in [0.15, 0.2) is 0 Å². The molecule has 0 aliphatic heterocycles. The third-order valence-corrected chi connectivity index (χ3v) is 3.14. The first-order valence-electron chi connectivity index (χ1n) is 5.87. The van der Waals surface area contributed by atoms with Gasteiger partial charge in [0, 0.05) is 5.69 Å². The maximum atomic E-state index is 5.98. The number of rotatable bonds is 1. The largest absolute Gasteiger partial charge is 0.444 e. The molecule has 0 spiro atoms. The van der Waals surface area contributed by atoms with Crippen LogP contribution in [-0.2, 0) is 0 Å². The Hall–Kier alpha value is -2.29. The zero-order chi connectivity index (χ0) is 12.7. The normalized spacial score (nSPS) is 11.0. The average Bonchev–Trinajstić information content (AvgIpc) is 2.71. The number of nitrogen functional groups attached to an aromatic ring is 1. The number of nitrogens with two attached hydrogens (primary N) is 1. The number of hydrogen-bond donors (Lipinski definition) is 1. The SMILES string of the molecule is Cc1cc(-c2ccccc2C)c2c(N)coc2n1. The van der Waals surface area contributed by atoms with Crippen molar-refractivity contribution < 1.29 is 4.42 Å². The summed E-state index contributed by atoms with van der Waals surface area (Å²) in [7, 11) is 0. The van der Waals surface area contributed by atoms with E-state index >= 15 is 0 Å². The molecule has 3 aromatic rings. The number of aryl methyl sites for hydroxylation is 2. The lowest BCUT2D eigenvalue weighted by Gasteiger charge is -2.08. The van der Waals surface area contributed by atoms with E-state index in [0.29, 0.717) is 11.4 Å². The minimum Gasteiger partial charge on any atom is -0.444 e. The van der Waals surface area contributed by atoms with Crippen LogP contribution in [0.3, 0.4) is 0 Å². The number of hydrogen-bond acceptors (Lipinski definition) is 3. The number of pyridine rings is 1. The van der Waals surface area contributed by atoms with Gasteiger partial charge in [-0.25, -0.2) is 4.98 Å². The first kappa shape index (κ1) is 10.8. The maximum absolute atomic E-state index is 5.98. The smallest absolute Gasteiger partial charge is 0.228 e. The Bertz CT molecular complexity index is 728. The van der Waals surface area contributed by atoms with Gasteiger partial charge in [-0.15, -0.1) is 0 Å². The Kier molecular flexibility index (Phi) is 2.33. The van der Waals surface area contributed by atoms with Gasteiger partial charge in [0.05, 0.1) is 11.1 Å². The first-order valence-corrected chi connectivity index (χ1v) is 5.87. The Morgan fingerprint density at radius 3 is 2.67 bits per heavy atom. The van der Waals surface area contributed by atoms with Crippen molar-refractivity contribution in [3.05, 3.63) is 47.9 Å². The first-order chi connectivity index (χ1) is 8.66. The molecule has 3 nitrogen and oxygen atoms in total. The van der Waals surface area contributed by atoms with E-state index in [4.69, 9.17) is 10.2 Å². The Balaban J connectivity index is 2.41. The van der Waals surface area contributed by atoms with Crippen molar-refractivity contribution in [1.82, 2.24) is 4.98 Å². The molecule has 0 saturated heterocycles. The summed E-state index contributed by atoms with van der Waals surface area (Å²) in [6.45, 7) is 4.05. The minimum atomic E-state index is 0.603. The monoisotopic (exact) mass is 238 g/mol. The van der Waals surface area contributed by atoms with Crippen molar-refractivity contribution in [3.8, 4) is 11.1 Å². The molecule has 1 aromatic carbocycles. The predicted octanol–water partition coefficient (Wildman–Crippen LogP) is 3.69. The highest BCUT2D eigenvalue weighted by Crippen LogP contribution is 2.34. The van der Waals surface area contributed by atoms with Gasteiger partial charge in [-0.2, -0.15) is 0 Å². The molecule has 0 saturated carbocycles. The highest BCUT2D eigenvalue weighted by Gasteiger charge is 2.13. The lowest BCUT2D eigenvalue weighted by molar-refractivity contribution is 0.603. The molecule has 0 aliphatic rings. The van der Waals surface area contributed by atoms with Crippen molar-refractivity contribution in [2.24, 2.45) is 0 Å². The molecule has 0 fully saturated rings. The molecular formula is C15H14N2O. The van der Waals surface area contributed by atoms with Crippen LogP contribution < -0.4 is 5.73 Å². The molecule has 0 atom stereocenters. The van der Waals surface area contributed by atoms with E-state index in [1.54, 1.807) is 6.26 Å². The summed E-state index contributed by atoms with van der Waals surface area (Å²) in [6.07, 6.45) is 1.55. The van der Waals surface area contributed by atoms with Crippen molar-refractivity contribution >= 4 is 16.8 Å². The van der Waals surface area contributed by atoms with Crippen LogP contribution in [0, 0.1) is 13.8 Å². The van der Waals surface area contributed by atoms with Crippen LogP contribution >= 0.6 is 0 Å². The zero-order valence-electron chi connectivity index (χ0n) is 10.4. The van der Waals surface area contributed by atoms with Gasteiger partial charge in [0.2, 0.25) is 5.71 Å². The predicted molar refractivity (Wildman–Crippen MR) is 73.3 cm³/mol. The van der Waals surface area contributed by atoms with Crippen LogP contribution in [0.25, 0.3) is 22.2 Å². The summed E-state index contributed by atoms with van der Waals surface area (Å²) < 4.78 is 5.40. The van der Waals surface area contributed by atoms with E-state index in [1.807, 2.05) is 19.1 Å². The fourth-order valence-electron chi connectivity index (χ4n) is 2.27. The highest BCUT2D eigenvalue weighted by molar-refractivity contribution is 6.01. The van der Waals surface area contributed by atoms with Crippen molar-refractivity contribution in [3.63, 3.8) is 0 Å². The summed E-state index contributed by atoms with van der Waals surface area (Å²) in [5.74, 6) is 0. The fraction of sp³-hybridized carbons (Fsp3) is 0.133. The topological polar surface area (TPSA) is 52.0 Å². The summed E-state index contributed by atoms with van der Waals surface area (Å²) in [4.78, 5) is 4.37. The zero-order valence-corrected chi connectivity index (χ0v) is 10.4. The van der Waals surface area contributed by atoms with Gasteiger partial charge in [-0.1, -0.05) is 24.3 Å². The van der Waals surface area contributed by atoms with Crippen LogP contribution in [0.2, 0.25) is 0 Å². The molecule has 2 aromatic heterocycles. The Labute approximate surface area is 105 Å². The number of aromatic nitrogens is 1.